The second kappa shape index (κ2) is 8.67. The minimum atomic E-state index is -0.455. The lowest BCUT2D eigenvalue weighted by molar-refractivity contribution is 0.0729. The van der Waals surface area contributed by atoms with Crippen LogP contribution in [-0.2, 0) is 13.2 Å². The molecule has 0 saturated heterocycles. The molecular formula is C23H23N3O3S. The Bertz CT molecular complexity index is 1040. The Labute approximate surface area is 179 Å². The summed E-state index contributed by atoms with van der Waals surface area (Å²) < 4.78 is 5.77. The van der Waals surface area contributed by atoms with Crippen LogP contribution in [0.25, 0.3) is 0 Å². The first kappa shape index (κ1) is 20.1. The van der Waals surface area contributed by atoms with Gasteiger partial charge in [0.2, 0.25) is 5.91 Å². The molecule has 2 N–H and O–H groups in total. The van der Waals surface area contributed by atoms with Crippen molar-refractivity contribution in [3.63, 3.8) is 0 Å². The summed E-state index contributed by atoms with van der Waals surface area (Å²) in [5, 5.41) is 3.00. The van der Waals surface area contributed by atoms with Crippen molar-refractivity contribution in [2.24, 2.45) is 5.73 Å². The van der Waals surface area contributed by atoms with Crippen LogP contribution in [-0.4, -0.2) is 27.7 Å². The van der Waals surface area contributed by atoms with Crippen molar-refractivity contribution in [1.29, 1.82) is 0 Å². The average molecular weight is 422 g/mol. The second-order valence-corrected chi connectivity index (χ2v) is 8.46. The number of hydrogen-bond acceptors (Lipinski definition) is 5. The van der Waals surface area contributed by atoms with E-state index >= 15 is 0 Å². The summed E-state index contributed by atoms with van der Waals surface area (Å²) in [6.45, 7) is 2.88. The van der Waals surface area contributed by atoms with E-state index in [0.717, 1.165) is 29.1 Å². The molecule has 1 aliphatic rings. The molecule has 0 spiro atoms. The van der Waals surface area contributed by atoms with Gasteiger partial charge in [-0.05, 0) is 61.7 Å². The minimum Gasteiger partial charge on any atom is -0.487 e. The highest BCUT2D eigenvalue weighted by molar-refractivity contribution is 7.09. The number of carbonyl (C=O) groups is 2. The SMILES string of the molecule is Cc1nc(COc2ccc(C(=O)N(Cc3ccc(C(N)=O)cc3)C3CC3)cc2)cs1. The molecule has 7 heteroatoms. The van der Waals surface area contributed by atoms with Gasteiger partial charge in [0.05, 0.1) is 10.7 Å². The Balaban J connectivity index is 1.41. The molecule has 0 atom stereocenters. The Hall–Kier alpha value is -3.19. The quantitative estimate of drug-likeness (QED) is 0.597. The van der Waals surface area contributed by atoms with Gasteiger partial charge in [0.25, 0.3) is 5.91 Å². The van der Waals surface area contributed by atoms with Crippen molar-refractivity contribution in [3.8, 4) is 5.75 Å². The van der Waals surface area contributed by atoms with Crippen molar-refractivity contribution in [2.75, 3.05) is 0 Å². The smallest absolute Gasteiger partial charge is 0.254 e. The van der Waals surface area contributed by atoms with Gasteiger partial charge in [0.1, 0.15) is 12.4 Å². The molecular weight excluding hydrogens is 398 g/mol. The van der Waals surface area contributed by atoms with E-state index in [0.29, 0.717) is 30.0 Å². The third-order valence-corrected chi connectivity index (χ3v) is 5.82. The molecule has 4 rings (SSSR count). The van der Waals surface area contributed by atoms with E-state index in [1.807, 2.05) is 41.5 Å². The predicted molar refractivity (Wildman–Crippen MR) is 115 cm³/mol. The van der Waals surface area contributed by atoms with Gasteiger partial charge in [-0.2, -0.15) is 0 Å². The molecule has 1 fully saturated rings. The van der Waals surface area contributed by atoms with E-state index in [1.165, 1.54) is 0 Å². The van der Waals surface area contributed by atoms with Crippen molar-refractivity contribution in [2.45, 2.75) is 39.0 Å². The molecule has 0 bridgehead atoms. The van der Waals surface area contributed by atoms with E-state index in [9.17, 15) is 9.59 Å². The fraction of sp³-hybridized carbons (Fsp3) is 0.261. The lowest BCUT2D eigenvalue weighted by atomic mass is 10.1. The maximum Gasteiger partial charge on any atom is 0.254 e. The average Bonchev–Trinajstić information content (AvgIpc) is 3.51. The Morgan fingerprint density at radius 1 is 1.10 bits per heavy atom. The van der Waals surface area contributed by atoms with Gasteiger partial charge in [-0.1, -0.05) is 12.1 Å². The zero-order valence-electron chi connectivity index (χ0n) is 16.7. The number of aryl methyl sites for hydroxylation is 1. The lowest BCUT2D eigenvalue weighted by Crippen LogP contribution is -2.32. The second-order valence-electron chi connectivity index (χ2n) is 7.40. The Morgan fingerprint density at radius 3 is 2.33 bits per heavy atom. The van der Waals surface area contributed by atoms with Crippen molar-refractivity contribution >= 4 is 23.2 Å². The van der Waals surface area contributed by atoms with Crippen LogP contribution in [0.15, 0.2) is 53.9 Å². The minimum absolute atomic E-state index is 0.00171. The summed E-state index contributed by atoms with van der Waals surface area (Å²) in [7, 11) is 0. The Morgan fingerprint density at radius 2 is 1.77 bits per heavy atom. The van der Waals surface area contributed by atoms with Gasteiger partial charge in [0.15, 0.2) is 0 Å². The number of primary amides is 1. The maximum atomic E-state index is 13.1. The topological polar surface area (TPSA) is 85.5 Å². The molecule has 30 heavy (non-hydrogen) atoms. The van der Waals surface area contributed by atoms with Crippen LogP contribution in [0.2, 0.25) is 0 Å². The van der Waals surface area contributed by atoms with Crippen LogP contribution in [0.3, 0.4) is 0 Å². The molecule has 1 heterocycles. The predicted octanol–water partition coefficient (Wildman–Crippen LogP) is 3.93. The number of thiazole rings is 1. The van der Waals surface area contributed by atoms with E-state index in [2.05, 4.69) is 4.98 Å². The van der Waals surface area contributed by atoms with E-state index in [4.69, 9.17) is 10.5 Å². The molecule has 1 aromatic heterocycles. The van der Waals surface area contributed by atoms with Gasteiger partial charge >= 0.3 is 0 Å². The highest BCUT2D eigenvalue weighted by atomic mass is 32.1. The van der Waals surface area contributed by atoms with Crippen LogP contribution < -0.4 is 10.5 Å². The first-order valence-electron chi connectivity index (χ1n) is 9.83. The molecule has 3 aromatic rings. The number of hydrogen-bond donors (Lipinski definition) is 1. The van der Waals surface area contributed by atoms with Gasteiger partial charge < -0.3 is 15.4 Å². The molecule has 2 aromatic carbocycles. The molecule has 154 valence electrons. The number of aromatic nitrogens is 1. The largest absolute Gasteiger partial charge is 0.487 e. The normalized spacial score (nSPS) is 13.1. The molecule has 2 amide bonds. The van der Waals surface area contributed by atoms with Crippen molar-refractivity contribution < 1.29 is 14.3 Å². The number of ether oxygens (including phenoxy) is 1. The van der Waals surface area contributed by atoms with Gasteiger partial charge in [-0.25, -0.2) is 4.98 Å². The molecule has 1 aliphatic carbocycles. The first-order valence-corrected chi connectivity index (χ1v) is 10.7. The molecule has 0 radical (unpaired) electrons. The van der Waals surface area contributed by atoms with Gasteiger partial charge in [-0.15, -0.1) is 11.3 Å². The lowest BCUT2D eigenvalue weighted by Gasteiger charge is -2.23. The fourth-order valence-corrected chi connectivity index (χ4v) is 3.81. The van der Waals surface area contributed by atoms with Crippen molar-refractivity contribution in [1.82, 2.24) is 9.88 Å². The van der Waals surface area contributed by atoms with E-state index in [1.54, 1.807) is 35.6 Å². The molecule has 0 aliphatic heterocycles. The summed E-state index contributed by atoms with van der Waals surface area (Å²) in [6, 6.07) is 14.6. The maximum absolute atomic E-state index is 13.1. The third kappa shape index (κ3) is 4.86. The number of nitrogens with two attached hydrogens (primary N) is 1. The highest BCUT2D eigenvalue weighted by Crippen LogP contribution is 2.30. The number of carbonyl (C=O) groups excluding carboxylic acids is 2. The van der Waals surface area contributed by atoms with E-state index < -0.39 is 5.91 Å². The van der Waals surface area contributed by atoms with Crippen molar-refractivity contribution in [3.05, 3.63) is 81.3 Å². The van der Waals surface area contributed by atoms with Crippen LogP contribution in [0.1, 0.15) is 49.8 Å². The molecule has 6 nitrogen and oxygen atoms in total. The Kier molecular flexibility index (Phi) is 5.81. The van der Waals surface area contributed by atoms with Crippen LogP contribution in [0, 0.1) is 6.92 Å². The summed E-state index contributed by atoms with van der Waals surface area (Å²) in [6.07, 6.45) is 2.03. The summed E-state index contributed by atoms with van der Waals surface area (Å²) in [5.74, 6) is 0.249. The van der Waals surface area contributed by atoms with Crippen LogP contribution in [0.4, 0.5) is 0 Å². The summed E-state index contributed by atoms with van der Waals surface area (Å²) in [5.41, 5.74) is 8.27. The summed E-state index contributed by atoms with van der Waals surface area (Å²) in [4.78, 5) is 30.6. The zero-order chi connectivity index (χ0) is 21.1. The summed E-state index contributed by atoms with van der Waals surface area (Å²) >= 11 is 1.60. The number of rotatable bonds is 8. The first-order chi connectivity index (χ1) is 14.5. The van der Waals surface area contributed by atoms with Crippen LogP contribution >= 0.6 is 11.3 Å². The number of nitrogens with zero attached hydrogens (tertiary/aromatic N) is 2. The number of benzene rings is 2. The highest BCUT2D eigenvalue weighted by Gasteiger charge is 2.33. The van der Waals surface area contributed by atoms with E-state index in [-0.39, 0.29) is 11.9 Å². The fourth-order valence-electron chi connectivity index (χ4n) is 3.22. The van der Waals surface area contributed by atoms with Gasteiger partial charge in [0, 0.05) is 29.1 Å². The van der Waals surface area contributed by atoms with Gasteiger partial charge in [-0.3, -0.25) is 9.59 Å². The standard InChI is InChI=1S/C23H23N3O3S/c1-15-25-19(14-30-15)13-29-21-10-6-18(7-11-21)23(28)26(20-8-9-20)12-16-2-4-17(5-3-16)22(24)27/h2-7,10-11,14,20H,8-9,12-13H2,1H3,(H2,24,27). The molecule has 0 unspecified atom stereocenters. The van der Waals surface area contributed by atoms with Crippen LogP contribution in [0.5, 0.6) is 5.75 Å². The third-order valence-electron chi connectivity index (χ3n) is 4.99. The zero-order valence-corrected chi connectivity index (χ0v) is 17.5. The molecule has 1 saturated carbocycles. The number of amides is 2. The monoisotopic (exact) mass is 421 g/mol.